The van der Waals surface area contributed by atoms with Gasteiger partial charge in [0.05, 0.1) is 4.90 Å². The van der Waals surface area contributed by atoms with Crippen molar-refractivity contribution in [2.45, 2.75) is 30.8 Å². The molecular formula is C13H22N2O2S2. The minimum atomic E-state index is -3.41. The first-order valence-electron chi connectivity index (χ1n) is 6.28. The lowest BCUT2D eigenvalue weighted by Crippen LogP contribution is -2.36. The molecule has 0 saturated carbocycles. The van der Waals surface area contributed by atoms with E-state index in [4.69, 9.17) is 0 Å². The van der Waals surface area contributed by atoms with Crippen molar-refractivity contribution in [2.75, 3.05) is 19.1 Å². The number of rotatable bonds is 8. The molecule has 0 radical (unpaired) electrons. The van der Waals surface area contributed by atoms with Crippen molar-refractivity contribution in [1.82, 2.24) is 10.0 Å². The van der Waals surface area contributed by atoms with Gasteiger partial charge >= 0.3 is 0 Å². The van der Waals surface area contributed by atoms with Crippen LogP contribution in [0.5, 0.6) is 0 Å². The Morgan fingerprint density at radius 2 is 1.89 bits per heavy atom. The minimum absolute atomic E-state index is 0.0167. The van der Waals surface area contributed by atoms with E-state index in [9.17, 15) is 8.42 Å². The Morgan fingerprint density at radius 1 is 1.26 bits per heavy atom. The number of nitrogens with one attached hydrogen (secondary N) is 2. The van der Waals surface area contributed by atoms with Crippen molar-refractivity contribution in [1.29, 1.82) is 0 Å². The number of sulfonamides is 1. The van der Waals surface area contributed by atoms with Crippen molar-refractivity contribution < 1.29 is 8.42 Å². The highest BCUT2D eigenvalue weighted by molar-refractivity contribution is 7.98. The van der Waals surface area contributed by atoms with Gasteiger partial charge in [-0.15, -0.1) is 0 Å². The van der Waals surface area contributed by atoms with Gasteiger partial charge < -0.3 is 5.32 Å². The third kappa shape index (κ3) is 5.14. The molecule has 6 heteroatoms. The van der Waals surface area contributed by atoms with Crippen LogP contribution in [0, 0.1) is 0 Å². The molecule has 0 amide bonds. The molecule has 4 nitrogen and oxygen atoms in total. The van der Waals surface area contributed by atoms with Crippen LogP contribution >= 0.6 is 11.8 Å². The Morgan fingerprint density at radius 3 is 2.37 bits per heavy atom. The van der Waals surface area contributed by atoms with E-state index >= 15 is 0 Å². The maximum absolute atomic E-state index is 12.2. The molecule has 1 aromatic carbocycles. The van der Waals surface area contributed by atoms with Gasteiger partial charge in [-0.1, -0.05) is 19.1 Å². The third-order valence-electron chi connectivity index (χ3n) is 2.80. The van der Waals surface area contributed by atoms with Crippen LogP contribution in [0.1, 0.15) is 18.9 Å². The van der Waals surface area contributed by atoms with Gasteiger partial charge in [0, 0.05) is 18.3 Å². The Hall–Kier alpha value is -0.560. The van der Waals surface area contributed by atoms with Crippen LogP contribution in [-0.4, -0.2) is 33.5 Å². The van der Waals surface area contributed by atoms with Gasteiger partial charge in [0.25, 0.3) is 0 Å². The first-order valence-corrected chi connectivity index (χ1v) is 9.16. The monoisotopic (exact) mass is 302 g/mol. The van der Waals surface area contributed by atoms with Crippen LogP contribution < -0.4 is 10.0 Å². The quantitative estimate of drug-likeness (QED) is 0.769. The topological polar surface area (TPSA) is 58.2 Å². The molecule has 1 atom stereocenters. The first kappa shape index (κ1) is 16.5. The number of thioether (sulfide) groups is 1. The summed E-state index contributed by atoms with van der Waals surface area (Å²) in [5.74, 6) is 0.785. The first-order chi connectivity index (χ1) is 9.03. The average Bonchev–Trinajstić information content (AvgIpc) is 2.39. The summed E-state index contributed by atoms with van der Waals surface area (Å²) < 4.78 is 27.2. The van der Waals surface area contributed by atoms with Gasteiger partial charge in [0.15, 0.2) is 0 Å². The molecule has 1 unspecified atom stereocenters. The molecule has 0 aliphatic rings. The molecule has 108 valence electrons. The fraction of sp³-hybridized carbons (Fsp3) is 0.538. The molecule has 0 aliphatic heterocycles. The normalized spacial score (nSPS) is 13.4. The lowest BCUT2D eigenvalue weighted by Gasteiger charge is -2.16. The second-order valence-corrected chi connectivity index (χ2v) is 6.98. The SMILES string of the molecule is CCC(CSC)NS(=O)(=O)c1ccc(CNC)cc1. The summed E-state index contributed by atoms with van der Waals surface area (Å²) in [6.45, 7) is 2.72. The number of benzene rings is 1. The minimum Gasteiger partial charge on any atom is -0.316 e. The summed E-state index contributed by atoms with van der Waals surface area (Å²) >= 11 is 1.64. The van der Waals surface area contributed by atoms with E-state index in [1.165, 1.54) is 0 Å². The van der Waals surface area contributed by atoms with E-state index in [2.05, 4.69) is 10.0 Å². The van der Waals surface area contributed by atoms with Crippen LogP contribution in [0.25, 0.3) is 0 Å². The zero-order chi connectivity index (χ0) is 14.3. The molecule has 0 bridgehead atoms. The van der Waals surface area contributed by atoms with E-state index < -0.39 is 10.0 Å². The van der Waals surface area contributed by atoms with E-state index in [0.717, 1.165) is 24.3 Å². The predicted molar refractivity (Wildman–Crippen MR) is 82.0 cm³/mol. The molecule has 0 heterocycles. The van der Waals surface area contributed by atoms with Gasteiger partial charge in [0.1, 0.15) is 0 Å². The van der Waals surface area contributed by atoms with Gasteiger partial charge in [-0.05, 0) is 37.4 Å². The average molecular weight is 302 g/mol. The van der Waals surface area contributed by atoms with Crippen molar-refractivity contribution >= 4 is 21.8 Å². The lowest BCUT2D eigenvalue weighted by molar-refractivity contribution is 0.558. The van der Waals surface area contributed by atoms with E-state index in [0.29, 0.717) is 4.90 Å². The maximum atomic E-state index is 12.2. The predicted octanol–water partition coefficient (Wildman–Crippen LogP) is 1.83. The highest BCUT2D eigenvalue weighted by atomic mass is 32.2. The molecule has 0 aromatic heterocycles. The molecule has 2 N–H and O–H groups in total. The summed E-state index contributed by atoms with van der Waals surface area (Å²) in [6.07, 6.45) is 2.77. The Kier molecular flexibility index (Phi) is 6.85. The third-order valence-corrected chi connectivity index (χ3v) is 5.07. The summed E-state index contributed by atoms with van der Waals surface area (Å²) in [5.41, 5.74) is 1.07. The smallest absolute Gasteiger partial charge is 0.240 e. The van der Waals surface area contributed by atoms with E-state index in [1.807, 2.05) is 32.4 Å². The van der Waals surface area contributed by atoms with E-state index in [1.54, 1.807) is 23.9 Å². The second-order valence-electron chi connectivity index (χ2n) is 4.36. The molecule has 0 aliphatic carbocycles. The standard InChI is InChI=1S/C13H22N2O2S2/c1-4-12(10-18-3)15-19(16,17)13-7-5-11(6-8-13)9-14-2/h5-8,12,14-15H,4,9-10H2,1-3H3. The molecule has 0 fully saturated rings. The molecule has 1 aromatic rings. The zero-order valence-electron chi connectivity index (χ0n) is 11.6. The Bertz CT molecular complexity index is 472. The van der Waals surface area contributed by atoms with Crippen molar-refractivity contribution in [3.63, 3.8) is 0 Å². The molecule has 1 rings (SSSR count). The van der Waals surface area contributed by atoms with Gasteiger partial charge in [0.2, 0.25) is 10.0 Å². The Balaban J connectivity index is 2.81. The fourth-order valence-electron chi connectivity index (χ4n) is 1.71. The zero-order valence-corrected chi connectivity index (χ0v) is 13.3. The summed E-state index contributed by atoms with van der Waals surface area (Å²) in [4.78, 5) is 0.326. The lowest BCUT2D eigenvalue weighted by atomic mass is 10.2. The summed E-state index contributed by atoms with van der Waals surface area (Å²) in [7, 11) is -1.55. The van der Waals surface area contributed by atoms with Crippen molar-refractivity contribution in [3.05, 3.63) is 29.8 Å². The van der Waals surface area contributed by atoms with Crippen LogP contribution in [0.4, 0.5) is 0 Å². The number of hydrogen-bond acceptors (Lipinski definition) is 4. The van der Waals surface area contributed by atoms with Crippen molar-refractivity contribution in [2.24, 2.45) is 0 Å². The van der Waals surface area contributed by atoms with Gasteiger partial charge in [-0.2, -0.15) is 11.8 Å². The maximum Gasteiger partial charge on any atom is 0.240 e. The second kappa shape index (κ2) is 7.89. The van der Waals surface area contributed by atoms with Crippen molar-refractivity contribution in [3.8, 4) is 0 Å². The molecule has 19 heavy (non-hydrogen) atoms. The highest BCUT2D eigenvalue weighted by Crippen LogP contribution is 2.13. The van der Waals surface area contributed by atoms with Crippen LogP contribution in [0.2, 0.25) is 0 Å². The number of hydrogen-bond donors (Lipinski definition) is 2. The fourth-order valence-corrected chi connectivity index (χ4v) is 3.86. The summed E-state index contributed by atoms with van der Waals surface area (Å²) in [6, 6.07) is 6.96. The van der Waals surface area contributed by atoms with Crippen LogP contribution in [0.3, 0.4) is 0 Å². The molecular weight excluding hydrogens is 280 g/mol. The molecule has 0 saturated heterocycles. The molecule has 0 spiro atoms. The van der Waals surface area contributed by atoms with Crippen LogP contribution in [0.15, 0.2) is 29.2 Å². The van der Waals surface area contributed by atoms with E-state index in [-0.39, 0.29) is 6.04 Å². The largest absolute Gasteiger partial charge is 0.316 e. The summed E-state index contributed by atoms with van der Waals surface area (Å²) in [5, 5.41) is 3.03. The Labute approximate surface area is 120 Å². The van der Waals surface area contributed by atoms with Gasteiger partial charge in [-0.3, -0.25) is 0 Å². The van der Waals surface area contributed by atoms with Crippen LogP contribution in [-0.2, 0) is 16.6 Å². The highest BCUT2D eigenvalue weighted by Gasteiger charge is 2.18. The van der Waals surface area contributed by atoms with Gasteiger partial charge in [-0.25, -0.2) is 13.1 Å².